The number of nitrogens with one attached hydrogen (secondary N) is 2. The van der Waals surface area contributed by atoms with Gasteiger partial charge in [0.1, 0.15) is 17.1 Å². The van der Waals surface area contributed by atoms with Crippen LogP contribution in [0, 0.1) is 18.6 Å². The van der Waals surface area contributed by atoms with E-state index in [4.69, 9.17) is 17.3 Å². The third-order valence-electron chi connectivity index (χ3n) is 4.05. The Morgan fingerprint density at radius 2 is 1.79 bits per heavy atom. The molecule has 29 heavy (non-hydrogen) atoms. The highest BCUT2D eigenvalue weighted by Gasteiger charge is 2.21. The van der Waals surface area contributed by atoms with Gasteiger partial charge in [0.25, 0.3) is 11.8 Å². The molecule has 3 aromatic rings. The molecule has 6 nitrogen and oxygen atoms in total. The average Bonchev–Trinajstić information content (AvgIpc) is 2.67. The predicted octanol–water partition coefficient (Wildman–Crippen LogP) is 4.42. The molecule has 0 aliphatic rings. The Labute approximate surface area is 169 Å². The van der Waals surface area contributed by atoms with E-state index >= 15 is 0 Å². The van der Waals surface area contributed by atoms with Gasteiger partial charge in [-0.05, 0) is 55.0 Å². The Hall–Kier alpha value is -3.52. The standard InChI is InChI=1S/C20H15ClF2N4O2/c1-10-8-11(22)2-4-14(10)27-15-5-3-13(21)18(23)17(15)20(29)26-12-6-7-25-16(9-12)19(24)28/h2-9,27H,1H3,(H2,24,28)(H,25,26,29). The Balaban J connectivity index is 1.97. The summed E-state index contributed by atoms with van der Waals surface area (Å²) < 4.78 is 28.0. The minimum atomic E-state index is -0.932. The number of nitrogens with zero attached hydrogens (tertiary/aromatic N) is 1. The van der Waals surface area contributed by atoms with Crippen molar-refractivity contribution in [2.24, 2.45) is 5.73 Å². The zero-order chi connectivity index (χ0) is 21.1. The van der Waals surface area contributed by atoms with Crippen molar-refractivity contribution in [2.75, 3.05) is 10.6 Å². The summed E-state index contributed by atoms with van der Waals surface area (Å²) in [5, 5.41) is 5.16. The van der Waals surface area contributed by atoms with Crippen LogP contribution in [0.25, 0.3) is 0 Å². The van der Waals surface area contributed by atoms with E-state index in [1.54, 1.807) is 6.92 Å². The highest BCUT2D eigenvalue weighted by molar-refractivity contribution is 6.31. The third-order valence-corrected chi connectivity index (χ3v) is 4.34. The summed E-state index contributed by atoms with van der Waals surface area (Å²) >= 11 is 5.85. The summed E-state index contributed by atoms with van der Waals surface area (Å²) in [5.74, 6) is -2.94. The third kappa shape index (κ3) is 4.49. The summed E-state index contributed by atoms with van der Waals surface area (Å²) in [4.78, 5) is 27.8. The fourth-order valence-electron chi connectivity index (χ4n) is 2.63. The number of rotatable bonds is 5. The molecule has 0 saturated heterocycles. The van der Waals surface area contributed by atoms with Gasteiger partial charge >= 0.3 is 0 Å². The topological polar surface area (TPSA) is 97.1 Å². The van der Waals surface area contributed by atoms with Crippen LogP contribution < -0.4 is 16.4 Å². The molecule has 1 aromatic heterocycles. The molecule has 0 spiro atoms. The van der Waals surface area contributed by atoms with E-state index in [9.17, 15) is 18.4 Å². The number of amides is 2. The van der Waals surface area contributed by atoms with Crippen LogP contribution in [0.15, 0.2) is 48.7 Å². The maximum Gasteiger partial charge on any atom is 0.267 e. The number of hydrogen-bond acceptors (Lipinski definition) is 4. The van der Waals surface area contributed by atoms with Crippen LogP contribution in [-0.4, -0.2) is 16.8 Å². The van der Waals surface area contributed by atoms with Gasteiger partial charge in [0.15, 0.2) is 5.82 Å². The predicted molar refractivity (Wildman–Crippen MR) is 107 cm³/mol. The number of primary amides is 1. The molecular weight excluding hydrogens is 402 g/mol. The van der Waals surface area contributed by atoms with E-state index in [0.29, 0.717) is 11.3 Å². The van der Waals surface area contributed by atoms with Crippen molar-refractivity contribution in [1.82, 2.24) is 4.98 Å². The maximum atomic E-state index is 14.7. The van der Waals surface area contributed by atoms with Gasteiger partial charge in [-0.25, -0.2) is 8.78 Å². The van der Waals surface area contributed by atoms with E-state index in [2.05, 4.69) is 15.6 Å². The number of halogens is 3. The van der Waals surface area contributed by atoms with Crippen molar-refractivity contribution in [3.63, 3.8) is 0 Å². The normalized spacial score (nSPS) is 10.5. The number of nitrogens with two attached hydrogens (primary N) is 1. The second-order valence-corrected chi connectivity index (χ2v) is 6.52. The van der Waals surface area contributed by atoms with Crippen LogP contribution in [0.3, 0.4) is 0 Å². The van der Waals surface area contributed by atoms with Gasteiger partial charge < -0.3 is 16.4 Å². The molecule has 4 N–H and O–H groups in total. The average molecular weight is 417 g/mol. The Morgan fingerprint density at radius 3 is 2.48 bits per heavy atom. The highest BCUT2D eigenvalue weighted by atomic mass is 35.5. The lowest BCUT2D eigenvalue weighted by molar-refractivity contribution is 0.0991. The van der Waals surface area contributed by atoms with E-state index < -0.39 is 23.4 Å². The number of carbonyl (C=O) groups is 2. The first-order chi connectivity index (χ1) is 13.8. The molecule has 0 radical (unpaired) electrons. The molecule has 2 amide bonds. The van der Waals surface area contributed by atoms with Crippen LogP contribution in [-0.2, 0) is 0 Å². The van der Waals surface area contributed by atoms with Gasteiger partial charge in [-0.15, -0.1) is 0 Å². The quantitative estimate of drug-likeness (QED) is 0.573. The van der Waals surface area contributed by atoms with Crippen molar-refractivity contribution in [1.29, 1.82) is 0 Å². The Kier molecular flexibility index (Phi) is 5.74. The van der Waals surface area contributed by atoms with E-state index in [1.807, 2.05) is 0 Å². The summed E-state index contributed by atoms with van der Waals surface area (Å²) in [7, 11) is 0. The fraction of sp³-hybridized carbons (Fsp3) is 0.0500. The molecule has 2 aromatic carbocycles. The lowest BCUT2D eigenvalue weighted by atomic mass is 10.1. The monoisotopic (exact) mass is 416 g/mol. The van der Waals surface area contributed by atoms with Crippen LogP contribution in [0.4, 0.5) is 25.8 Å². The second kappa shape index (κ2) is 8.24. The molecule has 0 unspecified atom stereocenters. The lowest BCUT2D eigenvalue weighted by Gasteiger charge is -2.15. The maximum absolute atomic E-state index is 14.7. The van der Waals surface area contributed by atoms with Crippen molar-refractivity contribution >= 4 is 40.5 Å². The molecule has 1 heterocycles. The number of aryl methyl sites for hydroxylation is 1. The van der Waals surface area contributed by atoms with E-state index in [1.165, 1.54) is 48.7 Å². The van der Waals surface area contributed by atoms with Gasteiger partial charge in [-0.1, -0.05) is 11.6 Å². The smallest absolute Gasteiger partial charge is 0.267 e. The summed E-state index contributed by atoms with van der Waals surface area (Å²) in [6.45, 7) is 1.67. The van der Waals surface area contributed by atoms with Gasteiger partial charge in [-0.2, -0.15) is 0 Å². The fourth-order valence-corrected chi connectivity index (χ4v) is 2.78. The number of anilines is 3. The molecule has 148 valence electrons. The van der Waals surface area contributed by atoms with Gasteiger partial charge in [0.05, 0.1) is 10.7 Å². The van der Waals surface area contributed by atoms with E-state index in [0.717, 1.165) is 0 Å². The first kappa shape index (κ1) is 20.2. The lowest BCUT2D eigenvalue weighted by Crippen LogP contribution is -2.18. The Morgan fingerprint density at radius 1 is 1.07 bits per heavy atom. The minimum Gasteiger partial charge on any atom is -0.364 e. The molecule has 0 fully saturated rings. The number of aromatic nitrogens is 1. The Bertz CT molecular complexity index is 1120. The second-order valence-electron chi connectivity index (χ2n) is 6.12. The molecule has 0 atom stereocenters. The van der Waals surface area contributed by atoms with Crippen LogP contribution >= 0.6 is 11.6 Å². The summed E-state index contributed by atoms with van der Waals surface area (Å²) in [6.07, 6.45) is 1.28. The number of benzene rings is 2. The molecule has 0 saturated carbocycles. The molecular formula is C20H15ClF2N4O2. The molecule has 3 rings (SSSR count). The molecule has 0 aliphatic carbocycles. The van der Waals surface area contributed by atoms with Crippen LogP contribution in [0.5, 0.6) is 0 Å². The zero-order valence-electron chi connectivity index (χ0n) is 15.1. The minimum absolute atomic E-state index is 0.0605. The highest BCUT2D eigenvalue weighted by Crippen LogP contribution is 2.30. The number of carbonyl (C=O) groups excluding carboxylic acids is 2. The van der Waals surface area contributed by atoms with Gasteiger partial charge in [0.2, 0.25) is 0 Å². The largest absolute Gasteiger partial charge is 0.364 e. The van der Waals surface area contributed by atoms with Crippen molar-refractivity contribution in [3.05, 3.63) is 82.1 Å². The molecule has 0 bridgehead atoms. The summed E-state index contributed by atoms with van der Waals surface area (Å²) in [6, 6.07) is 9.43. The zero-order valence-corrected chi connectivity index (χ0v) is 15.8. The first-order valence-corrected chi connectivity index (χ1v) is 8.72. The van der Waals surface area contributed by atoms with Crippen LogP contribution in [0.1, 0.15) is 26.4 Å². The van der Waals surface area contributed by atoms with Crippen molar-refractivity contribution < 1.29 is 18.4 Å². The van der Waals surface area contributed by atoms with E-state index in [-0.39, 0.29) is 27.7 Å². The number of hydrogen-bond donors (Lipinski definition) is 3. The van der Waals surface area contributed by atoms with Crippen molar-refractivity contribution in [3.8, 4) is 0 Å². The number of pyridine rings is 1. The summed E-state index contributed by atoms with van der Waals surface area (Å²) in [5.41, 5.74) is 6.14. The van der Waals surface area contributed by atoms with Crippen LogP contribution in [0.2, 0.25) is 5.02 Å². The first-order valence-electron chi connectivity index (χ1n) is 8.34. The van der Waals surface area contributed by atoms with Gasteiger partial charge in [-0.3, -0.25) is 14.6 Å². The molecule has 9 heteroatoms. The van der Waals surface area contributed by atoms with Gasteiger partial charge in [0, 0.05) is 17.6 Å². The molecule has 0 aliphatic heterocycles. The SMILES string of the molecule is Cc1cc(F)ccc1Nc1ccc(Cl)c(F)c1C(=O)Nc1ccnc(C(N)=O)c1. The van der Waals surface area contributed by atoms with Crippen molar-refractivity contribution in [2.45, 2.75) is 6.92 Å².